The highest BCUT2D eigenvalue weighted by molar-refractivity contribution is 5.91. The second-order valence-corrected chi connectivity index (χ2v) is 20.6. The number of benzene rings is 3. The number of methoxy groups -OCH3 is 2. The molecule has 0 unspecified atom stereocenters. The van der Waals surface area contributed by atoms with Crippen LogP contribution in [0.3, 0.4) is 0 Å². The highest BCUT2D eigenvalue weighted by atomic mass is 16.5. The van der Waals surface area contributed by atoms with E-state index in [1.54, 1.807) is 0 Å². The highest BCUT2D eigenvalue weighted by Crippen LogP contribution is 2.50. The Bertz CT molecular complexity index is 2710. The third kappa shape index (κ3) is 8.99. The minimum absolute atomic E-state index is 0.0271. The smallest absolute Gasteiger partial charge is 0.407 e. The van der Waals surface area contributed by atoms with Gasteiger partial charge in [-0.2, -0.15) is 0 Å². The van der Waals surface area contributed by atoms with Gasteiger partial charge in [-0.3, -0.25) is 14.4 Å². The Balaban J connectivity index is 0.786. The van der Waals surface area contributed by atoms with Gasteiger partial charge in [0.05, 0.1) is 50.0 Å². The number of hydrogen-bond donors (Lipinski definition) is 3. The van der Waals surface area contributed by atoms with E-state index in [2.05, 4.69) is 80.8 Å². The summed E-state index contributed by atoms with van der Waals surface area (Å²) in [6.07, 6.45) is 14.3. The summed E-state index contributed by atoms with van der Waals surface area (Å²) < 4.78 is 21.3. The Morgan fingerprint density at radius 1 is 0.629 bits per heavy atom. The standard InChI is InChI=1S/C55H65N7O8/c1-67-49(63)29-42(33-17-21-69-22-18-33)53(64)61-45-7-3-5-40(45)27-47(61)51-57-31-44(59-51)39-16-15-37-25-36(13-14-38(37)26-39)32-9-11-34(12-10-32)43-30-56-52(58-43)48-28-41-6-4-8-46(41)62(48)54(65)50(60-55(66)68-2)35-19-23-70-24-20-35/h9-16,25-26,30-31,33,35,40-42,45-48,50H,3-8,17-24,27-29H2,1-2H3,(H,56,58)(H,57,59)(H,60,66)/t40-,41-,42-,45-,46-,47-,48-,50-/m0/s1. The number of aromatic amines is 2. The molecule has 15 heteroatoms. The molecule has 368 valence electrons. The molecule has 2 aliphatic carbocycles. The van der Waals surface area contributed by atoms with E-state index in [0.29, 0.717) is 51.1 Å². The fourth-order valence-corrected chi connectivity index (χ4v) is 13.2. The molecule has 15 nitrogen and oxygen atoms in total. The van der Waals surface area contributed by atoms with Crippen LogP contribution in [0.5, 0.6) is 0 Å². The van der Waals surface area contributed by atoms with E-state index in [4.69, 9.17) is 28.9 Å². The Kier molecular flexibility index (Phi) is 13.2. The molecule has 3 aromatic carbocycles. The number of fused-ring (bicyclic) bond motifs is 3. The van der Waals surface area contributed by atoms with Crippen LogP contribution in [-0.2, 0) is 33.3 Å². The maximum atomic E-state index is 14.7. The molecule has 11 rings (SSSR count). The summed E-state index contributed by atoms with van der Waals surface area (Å²) in [5, 5.41) is 5.12. The zero-order valence-electron chi connectivity index (χ0n) is 40.3. The fourth-order valence-electron chi connectivity index (χ4n) is 13.2. The van der Waals surface area contributed by atoms with E-state index in [0.717, 1.165) is 120 Å². The molecule has 5 aromatic rings. The van der Waals surface area contributed by atoms with Gasteiger partial charge in [0.25, 0.3) is 0 Å². The summed E-state index contributed by atoms with van der Waals surface area (Å²) in [6.45, 7) is 2.34. The molecule has 8 atom stereocenters. The largest absolute Gasteiger partial charge is 0.469 e. The van der Waals surface area contributed by atoms with Crippen LogP contribution >= 0.6 is 0 Å². The normalized spacial score (nSPS) is 25.7. The Morgan fingerprint density at radius 2 is 1.14 bits per heavy atom. The van der Waals surface area contributed by atoms with Crippen molar-refractivity contribution in [2.45, 2.75) is 114 Å². The Morgan fingerprint density at radius 3 is 1.73 bits per heavy atom. The quantitative estimate of drug-likeness (QED) is 0.102. The zero-order valence-corrected chi connectivity index (χ0v) is 40.3. The minimum Gasteiger partial charge on any atom is -0.469 e. The summed E-state index contributed by atoms with van der Waals surface area (Å²) in [7, 11) is 2.73. The van der Waals surface area contributed by atoms with Crippen molar-refractivity contribution >= 4 is 34.6 Å². The number of nitrogens with zero attached hydrogens (tertiary/aromatic N) is 4. The number of amides is 3. The predicted octanol–water partition coefficient (Wildman–Crippen LogP) is 8.93. The van der Waals surface area contributed by atoms with Gasteiger partial charge in [0.1, 0.15) is 17.7 Å². The van der Waals surface area contributed by atoms with Crippen molar-refractivity contribution in [3.63, 3.8) is 0 Å². The van der Waals surface area contributed by atoms with Gasteiger partial charge in [-0.15, -0.1) is 0 Å². The third-order valence-corrected chi connectivity index (χ3v) is 16.9. The molecule has 6 heterocycles. The van der Waals surface area contributed by atoms with Crippen molar-refractivity contribution in [3.05, 3.63) is 84.7 Å². The number of esters is 1. The number of hydrogen-bond acceptors (Lipinski definition) is 10. The Hall–Kier alpha value is -6.06. The van der Waals surface area contributed by atoms with E-state index < -0.39 is 18.1 Å². The maximum absolute atomic E-state index is 14.7. The van der Waals surface area contributed by atoms with Gasteiger partial charge in [-0.05, 0) is 122 Å². The van der Waals surface area contributed by atoms with Gasteiger partial charge in [0.15, 0.2) is 0 Å². The number of alkyl carbamates (subject to hydrolysis) is 1. The molecule has 3 N–H and O–H groups in total. The van der Waals surface area contributed by atoms with Crippen LogP contribution in [-0.4, -0.2) is 112 Å². The van der Waals surface area contributed by atoms with Crippen LogP contribution in [0, 0.1) is 29.6 Å². The number of nitrogens with one attached hydrogen (secondary N) is 3. The van der Waals surface area contributed by atoms with Crippen LogP contribution < -0.4 is 5.32 Å². The van der Waals surface area contributed by atoms with Crippen molar-refractivity contribution in [1.82, 2.24) is 35.1 Å². The van der Waals surface area contributed by atoms with Crippen molar-refractivity contribution in [2.24, 2.45) is 29.6 Å². The lowest BCUT2D eigenvalue weighted by Crippen LogP contribution is -2.55. The molecular weight excluding hydrogens is 887 g/mol. The number of carbonyl (C=O) groups is 4. The van der Waals surface area contributed by atoms with Gasteiger partial charge in [-0.25, -0.2) is 14.8 Å². The second kappa shape index (κ2) is 20.0. The van der Waals surface area contributed by atoms with Gasteiger partial charge >= 0.3 is 12.1 Å². The number of rotatable bonds is 12. The van der Waals surface area contributed by atoms with Crippen LogP contribution in [0.15, 0.2) is 73.1 Å². The second-order valence-electron chi connectivity index (χ2n) is 20.6. The SMILES string of the molecule is COC(=O)C[C@H](C(=O)N1[C@H](c2nc(-c3ccc4cc(-c5ccc(-c6c[nH]c([C@@H]7C[C@@H]8CCC[C@@H]8N7C(=O)[C@@H](NC(=O)OC)C7CCOCC7)n6)cc5)ccc4c3)c[nH]2)C[C@@H]2CCC[C@@H]21)C1CCOCC1. The van der Waals surface area contributed by atoms with Crippen molar-refractivity contribution in [3.8, 4) is 33.6 Å². The minimum atomic E-state index is -0.682. The first-order chi connectivity index (χ1) is 34.2. The van der Waals surface area contributed by atoms with Crippen LogP contribution in [0.25, 0.3) is 44.4 Å². The van der Waals surface area contributed by atoms with E-state index in [9.17, 15) is 19.2 Å². The summed E-state index contributed by atoms with van der Waals surface area (Å²) in [5.74, 6) is 1.67. The van der Waals surface area contributed by atoms with Crippen LogP contribution in [0.1, 0.15) is 107 Å². The number of ether oxygens (including phenoxy) is 4. The molecule has 0 radical (unpaired) electrons. The molecule has 70 heavy (non-hydrogen) atoms. The monoisotopic (exact) mass is 951 g/mol. The van der Waals surface area contributed by atoms with E-state index >= 15 is 0 Å². The number of H-pyrrole nitrogens is 2. The Labute approximate surface area is 408 Å². The summed E-state index contributed by atoms with van der Waals surface area (Å²) in [5.41, 5.74) is 5.82. The number of aromatic nitrogens is 4. The van der Waals surface area contributed by atoms with Gasteiger partial charge < -0.3 is 44.0 Å². The van der Waals surface area contributed by atoms with Crippen molar-refractivity contribution in [2.75, 3.05) is 40.6 Å². The van der Waals surface area contributed by atoms with Gasteiger partial charge in [0, 0.05) is 62.0 Å². The molecule has 0 spiro atoms. The molecule has 2 aromatic heterocycles. The molecular formula is C55H65N7O8. The van der Waals surface area contributed by atoms with Crippen molar-refractivity contribution in [1.29, 1.82) is 0 Å². The molecule has 4 saturated heterocycles. The first-order valence-corrected chi connectivity index (χ1v) is 25.7. The van der Waals surface area contributed by atoms with Crippen LogP contribution in [0.2, 0.25) is 0 Å². The lowest BCUT2D eigenvalue weighted by Gasteiger charge is -2.36. The molecule has 6 aliphatic rings. The van der Waals surface area contributed by atoms with Crippen LogP contribution in [0.4, 0.5) is 4.79 Å². The predicted molar refractivity (Wildman–Crippen MR) is 262 cm³/mol. The highest BCUT2D eigenvalue weighted by Gasteiger charge is 2.52. The summed E-state index contributed by atoms with van der Waals surface area (Å²) in [6, 6.07) is 20.6. The maximum Gasteiger partial charge on any atom is 0.407 e. The van der Waals surface area contributed by atoms with Gasteiger partial charge in [0.2, 0.25) is 11.8 Å². The lowest BCUT2D eigenvalue weighted by molar-refractivity contribution is -0.151. The molecule has 2 saturated carbocycles. The molecule has 4 aliphatic heterocycles. The van der Waals surface area contributed by atoms with E-state index in [1.807, 2.05) is 17.3 Å². The van der Waals surface area contributed by atoms with E-state index in [-0.39, 0.29) is 60.2 Å². The van der Waals surface area contributed by atoms with Crippen molar-refractivity contribution < 1.29 is 38.1 Å². The lowest BCUT2D eigenvalue weighted by atomic mass is 9.82. The molecule has 3 amide bonds. The number of imidazole rings is 2. The first-order valence-electron chi connectivity index (χ1n) is 25.7. The average molecular weight is 952 g/mol. The molecule has 0 bridgehead atoms. The van der Waals surface area contributed by atoms with E-state index in [1.165, 1.54) is 14.2 Å². The zero-order chi connectivity index (χ0) is 47.9. The number of likely N-dealkylation sites (tertiary alicyclic amines) is 2. The summed E-state index contributed by atoms with van der Waals surface area (Å²) >= 11 is 0. The summed E-state index contributed by atoms with van der Waals surface area (Å²) in [4.78, 5) is 75.7. The number of carbonyl (C=O) groups excluding carboxylic acids is 4. The average Bonchev–Trinajstić information content (AvgIpc) is 4.28. The first kappa shape index (κ1) is 46.3. The third-order valence-electron chi connectivity index (χ3n) is 16.9. The van der Waals surface area contributed by atoms with Gasteiger partial charge in [-0.1, -0.05) is 61.4 Å². The fraction of sp³-hybridized carbons (Fsp3) is 0.527. The molecule has 6 fully saturated rings. The topological polar surface area (TPSA) is 181 Å².